The highest BCUT2D eigenvalue weighted by atomic mass is 127. The summed E-state index contributed by atoms with van der Waals surface area (Å²) >= 11 is 0. The Bertz CT molecular complexity index is 526. The zero-order valence-electron chi connectivity index (χ0n) is 13.4. The van der Waals surface area contributed by atoms with Crippen molar-refractivity contribution in [2.45, 2.75) is 32.7 Å². The summed E-state index contributed by atoms with van der Waals surface area (Å²) in [5.74, 6) is 1.84. The van der Waals surface area contributed by atoms with Crippen LogP contribution in [0, 0.1) is 0 Å². The molecule has 0 aliphatic rings. The van der Waals surface area contributed by atoms with Gasteiger partial charge in [-0.3, -0.25) is 4.99 Å². The maximum atomic E-state index is 5.31. The average Bonchev–Trinajstić information content (AvgIpc) is 3.20. The summed E-state index contributed by atoms with van der Waals surface area (Å²) < 4.78 is 7.29. The predicted molar refractivity (Wildman–Crippen MR) is 101 cm³/mol. The lowest BCUT2D eigenvalue weighted by atomic mass is 10.3. The predicted octanol–water partition coefficient (Wildman–Crippen LogP) is 2.07. The van der Waals surface area contributed by atoms with E-state index < -0.39 is 0 Å². The van der Waals surface area contributed by atoms with E-state index >= 15 is 0 Å². The molecule has 0 atom stereocenters. The van der Waals surface area contributed by atoms with E-state index in [0.717, 1.165) is 57.2 Å². The van der Waals surface area contributed by atoms with Gasteiger partial charge >= 0.3 is 0 Å². The second-order valence-electron chi connectivity index (χ2n) is 4.92. The molecule has 128 valence electrons. The van der Waals surface area contributed by atoms with Crippen LogP contribution in [-0.4, -0.2) is 40.4 Å². The molecule has 0 bridgehead atoms. The Kier molecular flexibility index (Phi) is 10.1. The topological polar surface area (TPSA) is 80.3 Å². The highest BCUT2D eigenvalue weighted by molar-refractivity contribution is 14.0. The van der Waals surface area contributed by atoms with Crippen LogP contribution in [0.25, 0.3) is 0 Å². The van der Waals surface area contributed by atoms with Gasteiger partial charge in [0, 0.05) is 32.6 Å². The molecule has 0 unspecified atom stereocenters. The van der Waals surface area contributed by atoms with Crippen LogP contribution in [0.15, 0.2) is 40.5 Å². The monoisotopic (exact) mass is 432 g/mol. The van der Waals surface area contributed by atoms with E-state index in [0.29, 0.717) is 0 Å². The Labute approximate surface area is 154 Å². The smallest absolute Gasteiger partial charge is 0.191 e. The van der Waals surface area contributed by atoms with Gasteiger partial charge in [-0.15, -0.1) is 34.2 Å². The Morgan fingerprint density at radius 2 is 2.09 bits per heavy atom. The normalized spacial score (nSPS) is 11.1. The maximum Gasteiger partial charge on any atom is 0.191 e. The Balaban J connectivity index is 0.00000264. The third kappa shape index (κ3) is 8.00. The Morgan fingerprint density at radius 1 is 1.26 bits per heavy atom. The molecule has 0 fully saturated rings. The average molecular weight is 432 g/mol. The molecule has 2 aromatic rings. The number of aryl methyl sites for hydroxylation is 1. The largest absolute Gasteiger partial charge is 0.469 e. The van der Waals surface area contributed by atoms with Gasteiger partial charge in [-0.1, -0.05) is 0 Å². The number of aromatic nitrogens is 3. The first-order valence-electron chi connectivity index (χ1n) is 7.75. The van der Waals surface area contributed by atoms with Crippen molar-refractivity contribution in [2.75, 3.05) is 19.6 Å². The van der Waals surface area contributed by atoms with E-state index in [2.05, 4.69) is 32.7 Å². The zero-order valence-corrected chi connectivity index (χ0v) is 15.8. The molecule has 2 N–H and O–H groups in total. The fourth-order valence-corrected chi connectivity index (χ4v) is 2.04. The first-order valence-corrected chi connectivity index (χ1v) is 7.75. The van der Waals surface area contributed by atoms with Crippen molar-refractivity contribution >= 4 is 29.9 Å². The zero-order chi connectivity index (χ0) is 15.5. The molecule has 0 saturated carbocycles. The van der Waals surface area contributed by atoms with Gasteiger partial charge in [-0.05, 0) is 31.9 Å². The van der Waals surface area contributed by atoms with Crippen LogP contribution in [0.4, 0.5) is 0 Å². The second kappa shape index (κ2) is 11.9. The van der Waals surface area contributed by atoms with Gasteiger partial charge in [0.05, 0.1) is 6.26 Å². The van der Waals surface area contributed by atoms with Crippen molar-refractivity contribution < 1.29 is 4.42 Å². The van der Waals surface area contributed by atoms with Crippen LogP contribution in [0.2, 0.25) is 0 Å². The van der Waals surface area contributed by atoms with E-state index in [1.165, 1.54) is 0 Å². The number of aliphatic imine (C=N–C) groups is 1. The number of furan rings is 1. The van der Waals surface area contributed by atoms with E-state index in [9.17, 15) is 0 Å². The minimum atomic E-state index is 0. The quantitative estimate of drug-likeness (QED) is 0.275. The molecular formula is C15H25IN6O. The molecule has 23 heavy (non-hydrogen) atoms. The fraction of sp³-hybridized carbons (Fsp3) is 0.533. The van der Waals surface area contributed by atoms with Gasteiger partial charge in [0.15, 0.2) is 5.96 Å². The van der Waals surface area contributed by atoms with Gasteiger partial charge in [-0.2, -0.15) is 0 Å². The van der Waals surface area contributed by atoms with Crippen LogP contribution in [-0.2, 0) is 13.0 Å². The van der Waals surface area contributed by atoms with Crippen LogP contribution < -0.4 is 10.6 Å². The number of rotatable bonds is 9. The van der Waals surface area contributed by atoms with Gasteiger partial charge < -0.3 is 19.6 Å². The molecule has 8 heteroatoms. The number of guanidine groups is 1. The highest BCUT2D eigenvalue weighted by Crippen LogP contribution is 1.99. The number of hydrogen-bond acceptors (Lipinski definition) is 4. The second-order valence-corrected chi connectivity index (χ2v) is 4.92. The minimum Gasteiger partial charge on any atom is -0.469 e. The molecule has 2 heterocycles. The van der Waals surface area contributed by atoms with Gasteiger partial charge in [0.1, 0.15) is 18.4 Å². The number of nitrogens with zero attached hydrogens (tertiary/aromatic N) is 4. The molecule has 0 saturated heterocycles. The number of nitrogens with one attached hydrogen (secondary N) is 2. The lowest BCUT2D eigenvalue weighted by molar-refractivity contribution is 0.506. The molecule has 7 nitrogen and oxygen atoms in total. The fourth-order valence-electron chi connectivity index (χ4n) is 2.04. The molecule has 0 aromatic carbocycles. The van der Waals surface area contributed by atoms with Crippen molar-refractivity contribution in [3.63, 3.8) is 0 Å². The molecule has 2 rings (SSSR count). The van der Waals surface area contributed by atoms with Gasteiger partial charge in [-0.25, -0.2) is 0 Å². The molecule has 0 radical (unpaired) electrons. The van der Waals surface area contributed by atoms with Crippen LogP contribution >= 0.6 is 24.0 Å². The Hall–Kier alpha value is -1.58. The first kappa shape index (κ1) is 19.5. The van der Waals surface area contributed by atoms with Crippen LogP contribution in [0.3, 0.4) is 0 Å². The van der Waals surface area contributed by atoms with E-state index in [-0.39, 0.29) is 24.0 Å². The van der Waals surface area contributed by atoms with Crippen LogP contribution in [0.1, 0.15) is 25.5 Å². The number of unbranched alkanes of at least 4 members (excludes halogenated alkanes) is 1. The third-order valence-corrected chi connectivity index (χ3v) is 3.15. The molecule has 0 aliphatic carbocycles. The van der Waals surface area contributed by atoms with Crippen molar-refractivity contribution in [1.29, 1.82) is 0 Å². The summed E-state index contributed by atoms with van der Waals surface area (Å²) in [6.45, 7) is 5.46. The highest BCUT2D eigenvalue weighted by Gasteiger charge is 1.99. The van der Waals surface area contributed by atoms with Gasteiger partial charge in [0.2, 0.25) is 0 Å². The molecule has 2 aromatic heterocycles. The summed E-state index contributed by atoms with van der Waals surface area (Å²) in [6.07, 6.45) is 8.13. The number of hydrogen-bond donors (Lipinski definition) is 2. The lowest BCUT2D eigenvalue weighted by Gasteiger charge is -2.10. The summed E-state index contributed by atoms with van der Waals surface area (Å²) in [6, 6.07) is 3.89. The maximum absolute atomic E-state index is 5.31. The summed E-state index contributed by atoms with van der Waals surface area (Å²) in [4.78, 5) is 4.57. The standard InChI is InChI=1S/C15H24N6O.HI/c1-2-16-15(18-9-7-14-6-5-11-22-14)17-8-3-4-10-21-12-19-20-13-21;/h5-6,11-13H,2-4,7-10H2,1H3,(H2,16,17,18);1H. The lowest BCUT2D eigenvalue weighted by Crippen LogP contribution is -2.38. The third-order valence-electron chi connectivity index (χ3n) is 3.15. The summed E-state index contributed by atoms with van der Waals surface area (Å²) in [7, 11) is 0. The first-order chi connectivity index (χ1) is 10.9. The van der Waals surface area contributed by atoms with E-state index in [1.54, 1.807) is 18.9 Å². The molecule has 0 spiro atoms. The molecule has 0 aliphatic heterocycles. The SMILES string of the molecule is CCNC(=NCCCCn1cnnc1)NCCc1ccco1.I. The molecular weight excluding hydrogens is 407 g/mol. The van der Waals surface area contributed by atoms with Crippen molar-refractivity contribution in [1.82, 2.24) is 25.4 Å². The minimum absolute atomic E-state index is 0. The Morgan fingerprint density at radius 3 is 2.78 bits per heavy atom. The van der Waals surface area contributed by atoms with E-state index in [4.69, 9.17) is 4.42 Å². The van der Waals surface area contributed by atoms with Gasteiger partial charge in [0.25, 0.3) is 0 Å². The van der Waals surface area contributed by atoms with Crippen molar-refractivity contribution in [3.05, 3.63) is 36.8 Å². The van der Waals surface area contributed by atoms with Crippen LogP contribution in [0.5, 0.6) is 0 Å². The van der Waals surface area contributed by atoms with Crippen molar-refractivity contribution in [3.8, 4) is 0 Å². The summed E-state index contributed by atoms with van der Waals surface area (Å²) in [5.41, 5.74) is 0. The number of halogens is 1. The molecule has 0 amide bonds. The van der Waals surface area contributed by atoms with Crippen molar-refractivity contribution in [2.24, 2.45) is 4.99 Å². The summed E-state index contributed by atoms with van der Waals surface area (Å²) in [5, 5.41) is 14.1. The van der Waals surface area contributed by atoms with E-state index in [1.807, 2.05) is 16.7 Å².